The molecular weight excluding hydrogens is 280 g/mol. The van der Waals surface area contributed by atoms with Crippen LogP contribution < -0.4 is 10.6 Å². The lowest BCUT2D eigenvalue weighted by Crippen LogP contribution is -2.42. The predicted molar refractivity (Wildman–Crippen MR) is 88.0 cm³/mol. The Morgan fingerprint density at radius 2 is 1.86 bits per heavy atom. The standard InChI is InChI=1S/C17H28N2O3/c1-6-15(13-7-9-14(20)10-8-13)19-12(2)11-18-16(21)22-17(3,4)5/h7-10,12,15,19-20H,6,11H2,1-5H3,(H,18,21). The number of phenols is 1. The van der Waals surface area contributed by atoms with E-state index in [-0.39, 0.29) is 17.8 Å². The van der Waals surface area contributed by atoms with Crippen LogP contribution in [0.25, 0.3) is 0 Å². The summed E-state index contributed by atoms with van der Waals surface area (Å²) in [5, 5.41) is 15.6. The average Bonchev–Trinajstić information content (AvgIpc) is 2.42. The number of hydrogen-bond acceptors (Lipinski definition) is 4. The topological polar surface area (TPSA) is 70.6 Å². The Kier molecular flexibility index (Phi) is 6.68. The summed E-state index contributed by atoms with van der Waals surface area (Å²) in [5.74, 6) is 0.262. The van der Waals surface area contributed by atoms with Crippen LogP contribution in [0, 0.1) is 0 Å². The highest BCUT2D eigenvalue weighted by Crippen LogP contribution is 2.19. The van der Waals surface area contributed by atoms with Crippen molar-refractivity contribution >= 4 is 6.09 Å². The van der Waals surface area contributed by atoms with Crippen LogP contribution in [0.1, 0.15) is 52.6 Å². The van der Waals surface area contributed by atoms with Crippen LogP contribution in [0.4, 0.5) is 4.79 Å². The minimum atomic E-state index is -0.487. The molecule has 0 spiro atoms. The molecule has 0 aliphatic rings. The number of benzene rings is 1. The molecular formula is C17H28N2O3. The number of phenolic OH excluding ortho intramolecular Hbond substituents is 1. The lowest BCUT2D eigenvalue weighted by molar-refractivity contribution is 0.0522. The number of carbonyl (C=O) groups is 1. The zero-order chi connectivity index (χ0) is 16.8. The first-order valence-corrected chi connectivity index (χ1v) is 7.73. The highest BCUT2D eigenvalue weighted by molar-refractivity contribution is 5.67. The minimum Gasteiger partial charge on any atom is -0.508 e. The zero-order valence-electron chi connectivity index (χ0n) is 14.1. The van der Waals surface area contributed by atoms with Crippen LogP contribution in [-0.2, 0) is 4.74 Å². The average molecular weight is 308 g/mol. The number of amides is 1. The van der Waals surface area contributed by atoms with Crippen molar-refractivity contribution in [2.24, 2.45) is 0 Å². The van der Waals surface area contributed by atoms with Crippen LogP contribution in [0.15, 0.2) is 24.3 Å². The van der Waals surface area contributed by atoms with E-state index in [2.05, 4.69) is 17.6 Å². The number of aromatic hydroxyl groups is 1. The highest BCUT2D eigenvalue weighted by Gasteiger charge is 2.17. The molecule has 5 nitrogen and oxygen atoms in total. The third-order valence-corrected chi connectivity index (χ3v) is 3.14. The Morgan fingerprint density at radius 1 is 1.27 bits per heavy atom. The first-order chi connectivity index (χ1) is 10.2. The van der Waals surface area contributed by atoms with Gasteiger partial charge in [0, 0.05) is 18.6 Å². The summed E-state index contributed by atoms with van der Waals surface area (Å²) in [4.78, 5) is 11.6. The molecule has 5 heteroatoms. The van der Waals surface area contributed by atoms with Crippen molar-refractivity contribution in [1.29, 1.82) is 0 Å². The van der Waals surface area contributed by atoms with Gasteiger partial charge in [0.05, 0.1) is 0 Å². The van der Waals surface area contributed by atoms with Crippen molar-refractivity contribution in [3.63, 3.8) is 0 Å². The number of hydrogen-bond donors (Lipinski definition) is 3. The smallest absolute Gasteiger partial charge is 0.407 e. The van der Waals surface area contributed by atoms with Gasteiger partial charge in [0.1, 0.15) is 11.4 Å². The van der Waals surface area contributed by atoms with E-state index >= 15 is 0 Å². The molecule has 1 aromatic carbocycles. The van der Waals surface area contributed by atoms with E-state index in [0.29, 0.717) is 6.54 Å². The summed E-state index contributed by atoms with van der Waals surface area (Å²) in [6, 6.07) is 7.46. The second-order valence-electron chi connectivity index (χ2n) is 6.50. The van der Waals surface area contributed by atoms with Crippen molar-refractivity contribution in [2.75, 3.05) is 6.54 Å². The maximum atomic E-state index is 11.6. The molecule has 22 heavy (non-hydrogen) atoms. The van der Waals surface area contributed by atoms with Gasteiger partial charge in [-0.25, -0.2) is 4.79 Å². The molecule has 1 rings (SSSR count). The van der Waals surface area contributed by atoms with Gasteiger partial charge in [-0.2, -0.15) is 0 Å². The predicted octanol–water partition coefficient (Wildman–Crippen LogP) is 3.35. The van der Waals surface area contributed by atoms with Crippen molar-refractivity contribution < 1.29 is 14.6 Å². The monoisotopic (exact) mass is 308 g/mol. The highest BCUT2D eigenvalue weighted by atomic mass is 16.6. The summed E-state index contributed by atoms with van der Waals surface area (Å²) in [5.41, 5.74) is 0.628. The summed E-state index contributed by atoms with van der Waals surface area (Å²) < 4.78 is 5.21. The molecule has 0 aromatic heterocycles. The maximum Gasteiger partial charge on any atom is 0.407 e. The first-order valence-electron chi connectivity index (χ1n) is 7.73. The molecule has 3 N–H and O–H groups in total. The second-order valence-corrected chi connectivity index (χ2v) is 6.50. The van der Waals surface area contributed by atoms with Crippen LogP contribution in [0.3, 0.4) is 0 Å². The summed E-state index contributed by atoms with van der Waals surface area (Å²) in [6.07, 6.45) is 0.514. The van der Waals surface area contributed by atoms with E-state index in [1.807, 2.05) is 39.8 Å². The van der Waals surface area contributed by atoms with Gasteiger partial charge in [-0.3, -0.25) is 0 Å². The Balaban J connectivity index is 2.47. The summed E-state index contributed by atoms with van der Waals surface area (Å²) in [7, 11) is 0. The molecule has 1 aromatic rings. The van der Waals surface area contributed by atoms with Crippen LogP contribution >= 0.6 is 0 Å². The van der Waals surface area contributed by atoms with E-state index in [4.69, 9.17) is 4.74 Å². The van der Waals surface area contributed by atoms with Crippen molar-refractivity contribution in [3.05, 3.63) is 29.8 Å². The molecule has 1 amide bonds. The van der Waals surface area contributed by atoms with E-state index in [0.717, 1.165) is 12.0 Å². The molecule has 0 aliphatic heterocycles. The zero-order valence-corrected chi connectivity index (χ0v) is 14.1. The third kappa shape index (κ3) is 6.80. The van der Waals surface area contributed by atoms with E-state index in [1.165, 1.54) is 0 Å². The molecule has 0 fully saturated rings. The number of ether oxygens (including phenoxy) is 1. The van der Waals surface area contributed by atoms with Crippen LogP contribution in [0.5, 0.6) is 5.75 Å². The molecule has 0 saturated carbocycles. The molecule has 2 unspecified atom stereocenters. The quantitative estimate of drug-likeness (QED) is 0.754. The Hall–Kier alpha value is -1.75. The van der Waals surface area contributed by atoms with Gasteiger partial charge >= 0.3 is 6.09 Å². The Morgan fingerprint density at radius 3 is 2.36 bits per heavy atom. The maximum absolute atomic E-state index is 11.6. The van der Waals surface area contributed by atoms with E-state index in [9.17, 15) is 9.90 Å². The lowest BCUT2D eigenvalue weighted by Gasteiger charge is -2.24. The Labute approximate surface area is 133 Å². The molecule has 0 bridgehead atoms. The molecule has 0 radical (unpaired) electrons. The normalized spacial score (nSPS) is 14.2. The van der Waals surface area contributed by atoms with Crippen molar-refractivity contribution in [2.45, 2.75) is 58.7 Å². The fourth-order valence-electron chi connectivity index (χ4n) is 2.11. The number of alkyl carbamates (subject to hydrolysis) is 1. The van der Waals surface area contributed by atoms with Gasteiger partial charge in [-0.05, 0) is 51.8 Å². The summed E-state index contributed by atoms with van der Waals surface area (Å²) >= 11 is 0. The number of carbonyl (C=O) groups excluding carboxylic acids is 1. The third-order valence-electron chi connectivity index (χ3n) is 3.14. The largest absolute Gasteiger partial charge is 0.508 e. The van der Waals surface area contributed by atoms with Gasteiger partial charge in [0.15, 0.2) is 0 Å². The minimum absolute atomic E-state index is 0.103. The van der Waals surface area contributed by atoms with Crippen molar-refractivity contribution in [3.8, 4) is 5.75 Å². The van der Waals surface area contributed by atoms with Gasteiger partial charge in [0.2, 0.25) is 0 Å². The fraction of sp³-hybridized carbons (Fsp3) is 0.588. The van der Waals surface area contributed by atoms with Gasteiger partial charge in [0.25, 0.3) is 0 Å². The van der Waals surface area contributed by atoms with Crippen LogP contribution in [-0.4, -0.2) is 29.4 Å². The van der Waals surface area contributed by atoms with E-state index < -0.39 is 11.7 Å². The summed E-state index contributed by atoms with van der Waals surface area (Å²) in [6.45, 7) is 10.1. The van der Waals surface area contributed by atoms with Crippen LogP contribution in [0.2, 0.25) is 0 Å². The molecule has 0 aliphatic carbocycles. The Bertz CT molecular complexity index is 466. The fourth-order valence-corrected chi connectivity index (χ4v) is 2.11. The molecule has 2 atom stereocenters. The van der Waals surface area contributed by atoms with Gasteiger partial charge in [-0.1, -0.05) is 19.1 Å². The lowest BCUT2D eigenvalue weighted by atomic mass is 10.0. The van der Waals surface area contributed by atoms with Gasteiger partial charge in [-0.15, -0.1) is 0 Å². The van der Waals surface area contributed by atoms with Gasteiger partial charge < -0.3 is 20.5 Å². The first kappa shape index (κ1) is 18.3. The SMILES string of the molecule is CCC(NC(C)CNC(=O)OC(C)(C)C)c1ccc(O)cc1. The van der Waals surface area contributed by atoms with Crippen molar-refractivity contribution in [1.82, 2.24) is 10.6 Å². The number of rotatable bonds is 6. The molecule has 0 heterocycles. The second kappa shape index (κ2) is 8.03. The van der Waals surface area contributed by atoms with E-state index in [1.54, 1.807) is 12.1 Å². The molecule has 0 saturated heterocycles. The molecule has 124 valence electrons. The number of nitrogens with one attached hydrogen (secondary N) is 2.